The third-order valence-electron chi connectivity index (χ3n) is 5.06. The summed E-state index contributed by atoms with van der Waals surface area (Å²) in [5.41, 5.74) is 1.15. The number of hydrogen-bond donors (Lipinski definition) is 1. The van der Waals surface area contributed by atoms with E-state index in [0.29, 0.717) is 45.2 Å². The minimum absolute atomic E-state index is 0.0316. The maximum atomic E-state index is 13.1. The molecule has 0 spiro atoms. The van der Waals surface area contributed by atoms with E-state index in [0.717, 1.165) is 6.42 Å². The van der Waals surface area contributed by atoms with Crippen LogP contribution in [0.4, 0.5) is 0 Å². The summed E-state index contributed by atoms with van der Waals surface area (Å²) in [5.74, 6) is 1.04. The van der Waals surface area contributed by atoms with Crippen molar-refractivity contribution in [1.82, 2.24) is 19.5 Å². The van der Waals surface area contributed by atoms with E-state index in [-0.39, 0.29) is 16.4 Å². The Balaban J connectivity index is 1.76. The number of hydrogen-bond acceptors (Lipinski definition) is 5. The van der Waals surface area contributed by atoms with E-state index in [1.807, 2.05) is 49.4 Å². The Morgan fingerprint density at radius 2 is 1.57 bits per heavy atom. The average molecular weight is 421 g/mol. The smallest absolute Gasteiger partial charge is 0.262 e. The lowest BCUT2D eigenvalue weighted by atomic mass is 10.1. The van der Waals surface area contributed by atoms with Gasteiger partial charge >= 0.3 is 0 Å². The number of fused-ring (bicyclic) bond motifs is 2. The standard InChI is InChI=1S/C23H24N4O2S/c1-14(2)12-13-27-22(29)17-9-5-7-11-19(17)25-23(27)30-15(3)20-24-18-10-6-4-8-16(18)21(28)26-20/h4-11,14-15H,12-13H2,1-3H3,(H,24,26,28)/t15-/m1/s1. The molecule has 4 aromatic rings. The summed E-state index contributed by atoms with van der Waals surface area (Å²) < 4.78 is 1.75. The Morgan fingerprint density at radius 1 is 0.933 bits per heavy atom. The van der Waals surface area contributed by atoms with Crippen LogP contribution in [0.15, 0.2) is 63.3 Å². The van der Waals surface area contributed by atoms with Gasteiger partial charge in [-0.25, -0.2) is 9.97 Å². The highest BCUT2D eigenvalue weighted by atomic mass is 32.2. The van der Waals surface area contributed by atoms with Crippen molar-refractivity contribution in [1.29, 1.82) is 0 Å². The number of nitrogens with one attached hydrogen (secondary N) is 1. The van der Waals surface area contributed by atoms with Gasteiger partial charge in [0.2, 0.25) is 0 Å². The number of para-hydroxylation sites is 2. The molecule has 0 aliphatic heterocycles. The lowest BCUT2D eigenvalue weighted by molar-refractivity contribution is 0.480. The van der Waals surface area contributed by atoms with Crippen LogP contribution in [0.25, 0.3) is 21.8 Å². The summed E-state index contributed by atoms with van der Waals surface area (Å²) >= 11 is 1.44. The lowest BCUT2D eigenvalue weighted by Crippen LogP contribution is -2.24. The van der Waals surface area contributed by atoms with Gasteiger partial charge in [0, 0.05) is 6.54 Å². The van der Waals surface area contributed by atoms with Gasteiger partial charge in [0.15, 0.2) is 5.16 Å². The number of H-pyrrole nitrogens is 1. The molecule has 0 saturated carbocycles. The van der Waals surface area contributed by atoms with Crippen molar-refractivity contribution in [3.8, 4) is 0 Å². The third kappa shape index (κ3) is 4.03. The van der Waals surface area contributed by atoms with Crippen molar-refractivity contribution in [2.75, 3.05) is 0 Å². The van der Waals surface area contributed by atoms with E-state index in [1.54, 1.807) is 10.6 Å². The Kier molecular flexibility index (Phi) is 5.72. The Bertz CT molecular complexity index is 1330. The Morgan fingerprint density at radius 3 is 2.27 bits per heavy atom. The summed E-state index contributed by atoms with van der Waals surface area (Å²) in [6.07, 6.45) is 0.882. The molecular weight excluding hydrogens is 396 g/mol. The monoisotopic (exact) mass is 420 g/mol. The van der Waals surface area contributed by atoms with Gasteiger partial charge in [0.25, 0.3) is 11.1 Å². The largest absolute Gasteiger partial charge is 0.309 e. The first-order chi connectivity index (χ1) is 14.4. The van der Waals surface area contributed by atoms with Crippen LogP contribution in [-0.4, -0.2) is 19.5 Å². The quantitative estimate of drug-likeness (QED) is 0.366. The van der Waals surface area contributed by atoms with Crippen molar-refractivity contribution in [2.24, 2.45) is 5.92 Å². The fourth-order valence-electron chi connectivity index (χ4n) is 3.33. The lowest BCUT2D eigenvalue weighted by Gasteiger charge is -2.17. The normalized spacial score (nSPS) is 12.7. The van der Waals surface area contributed by atoms with Gasteiger partial charge in [-0.15, -0.1) is 0 Å². The zero-order valence-corrected chi connectivity index (χ0v) is 18.1. The number of aromatic nitrogens is 4. The van der Waals surface area contributed by atoms with Crippen molar-refractivity contribution < 1.29 is 0 Å². The van der Waals surface area contributed by atoms with Crippen LogP contribution in [0.1, 0.15) is 38.3 Å². The molecule has 1 N–H and O–H groups in total. The molecule has 0 radical (unpaired) electrons. The van der Waals surface area contributed by atoms with E-state index < -0.39 is 0 Å². The number of thioether (sulfide) groups is 1. The molecule has 1 atom stereocenters. The molecule has 0 fully saturated rings. The van der Waals surface area contributed by atoms with Crippen molar-refractivity contribution in [2.45, 2.75) is 44.1 Å². The summed E-state index contributed by atoms with van der Waals surface area (Å²) in [5, 5.41) is 1.65. The van der Waals surface area contributed by atoms with Gasteiger partial charge in [0.1, 0.15) is 5.82 Å². The molecule has 0 aliphatic rings. The molecule has 2 heterocycles. The first-order valence-electron chi connectivity index (χ1n) is 10.1. The number of rotatable bonds is 6. The maximum Gasteiger partial charge on any atom is 0.262 e. The molecule has 154 valence electrons. The Hall–Kier alpha value is -2.93. The predicted octanol–water partition coefficient (Wildman–Crippen LogP) is 4.53. The number of aromatic amines is 1. The second-order valence-electron chi connectivity index (χ2n) is 7.78. The summed E-state index contributed by atoms with van der Waals surface area (Å²) in [7, 11) is 0. The fourth-order valence-corrected chi connectivity index (χ4v) is 4.33. The van der Waals surface area contributed by atoms with Gasteiger partial charge < -0.3 is 4.98 Å². The van der Waals surface area contributed by atoms with Crippen LogP contribution >= 0.6 is 11.8 Å². The third-order valence-corrected chi connectivity index (χ3v) is 6.15. The zero-order valence-electron chi connectivity index (χ0n) is 17.3. The molecule has 0 saturated heterocycles. The molecule has 6 nitrogen and oxygen atoms in total. The summed E-state index contributed by atoms with van der Waals surface area (Å²) in [6.45, 7) is 6.84. The summed E-state index contributed by atoms with van der Waals surface area (Å²) in [4.78, 5) is 37.9. The Labute approximate surface area is 178 Å². The van der Waals surface area contributed by atoms with Crippen molar-refractivity contribution >= 4 is 33.6 Å². The number of benzene rings is 2. The van der Waals surface area contributed by atoms with Crippen molar-refractivity contribution in [3.63, 3.8) is 0 Å². The van der Waals surface area contributed by atoms with E-state index in [4.69, 9.17) is 4.98 Å². The molecule has 2 aromatic carbocycles. The van der Waals surface area contributed by atoms with Crippen LogP contribution in [0.3, 0.4) is 0 Å². The first kappa shape index (κ1) is 20.3. The fraction of sp³-hybridized carbons (Fsp3) is 0.304. The second-order valence-corrected chi connectivity index (χ2v) is 9.09. The highest BCUT2D eigenvalue weighted by molar-refractivity contribution is 7.99. The summed E-state index contributed by atoms with van der Waals surface area (Å²) in [6, 6.07) is 14.7. The van der Waals surface area contributed by atoms with Gasteiger partial charge in [0.05, 0.1) is 27.1 Å². The van der Waals surface area contributed by atoms with Crippen LogP contribution in [0.2, 0.25) is 0 Å². The molecule has 0 aliphatic carbocycles. The number of nitrogens with zero attached hydrogens (tertiary/aromatic N) is 3. The molecular formula is C23H24N4O2S. The maximum absolute atomic E-state index is 13.1. The predicted molar refractivity (Wildman–Crippen MR) is 122 cm³/mol. The minimum atomic E-state index is -0.180. The van der Waals surface area contributed by atoms with Gasteiger partial charge in [-0.3, -0.25) is 14.2 Å². The molecule has 2 aromatic heterocycles. The van der Waals surface area contributed by atoms with Gasteiger partial charge in [-0.1, -0.05) is 49.9 Å². The van der Waals surface area contributed by atoms with E-state index in [1.165, 1.54) is 11.8 Å². The van der Waals surface area contributed by atoms with E-state index in [9.17, 15) is 9.59 Å². The SMILES string of the molecule is CC(C)CCn1c(S[C@H](C)c2nc3ccccc3c(=O)[nH]2)nc2ccccc2c1=O. The minimum Gasteiger partial charge on any atom is -0.309 e. The molecule has 7 heteroatoms. The van der Waals surface area contributed by atoms with Crippen LogP contribution < -0.4 is 11.1 Å². The topological polar surface area (TPSA) is 80.6 Å². The second kappa shape index (κ2) is 8.44. The van der Waals surface area contributed by atoms with Crippen LogP contribution in [0, 0.1) is 5.92 Å². The first-order valence-corrected chi connectivity index (χ1v) is 11.0. The van der Waals surface area contributed by atoms with Gasteiger partial charge in [-0.05, 0) is 43.5 Å². The molecule has 0 bridgehead atoms. The highest BCUT2D eigenvalue weighted by Gasteiger charge is 2.18. The average Bonchev–Trinajstić information content (AvgIpc) is 2.73. The molecule has 4 rings (SSSR count). The zero-order chi connectivity index (χ0) is 21.3. The van der Waals surface area contributed by atoms with E-state index >= 15 is 0 Å². The molecule has 0 amide bonds. The van der Waals surface area contributed by atoms with E-state index in [2.05, 4.69) is 23.8 Å². The van der Waals surface area contributed by atoms with Crippen LogP contribution in [0.5, 0.6) is 0 Å². The van der Waals surface area contributed by atoms with Crippen molar-refractivity contribution in [3.05, 3.63) is 75.1 Å². The van der Waals surface area contributed by atoms with Crippen LogP contribution in [-0.2, 0) is 6.54 Å². The van der Waals surface area contributed by atoms with Gasteiger partial charge in [-0.2, -0.15) is 0 Å². The highest BCUT2D eigenvalue weighted by Crippen LogP contribution is 2.32. The molecule has 30 heavy (non-hydrogen) atoms. The molecule has 0 unspecified atom stereocenters.